The number of aromatic carboxylic acids is 1. The van der Waals surface area contributed by atoms with Gasteiger partial charge in [0.1, 0.15) is 0 Å². The smallest absolute Gasteiger partial charge is 0.336 e. The Labute approximate surface area is 122 Å². The number of nitrogens with zero attached hydrogens (tertiary/aromatic N) is 1. The molecule has 0 spiro atoms. The first-order chi connectivity index (χ1) is 9.99. The number of amides is 2. The van der Waals surface area contributed by atoms with Gasteiger partial charge in [-0.1, -0.05) is 6.07 Å². The SMILES string of the molecule is Cc1c(NC(=O)N(C)Cc2ccoc2)cccc1C(=O)O. The van der Waals surface area contributed by atoms with Crippen LogP contribution in [0.25, 0.3) is 0 Å². The van der Waals surface area contributed by atoms with Crippen LogP contribution >= 0.6 is 0 Å². The Hall–Kier alpha value is -2.76. The number of urea groups is 1. The molecule has 2 N–H and O–H groups in total. The van der Waals surface area contributed by atoms with E-state index < -0.39 is 5.97 Å². The number of furan rings is 1. The number of carbonyl (C=O) groups excluding carboxylic acids is 1. The third-order valence-corrected chi connectivity index (χ3v) is 3.15. The summed E-state index contributed by atoms with van der Waals surface area (Å²) in [5.41, 5.74) is 2.06. The number of carbonyl (C=O) groups is 2. The van der Waals surface area contributed by atoms with E-state index >= 15 is 0 Å². The van der Waals surface area contributed by atoms with Crippen LogP contribution in [0, 0.1) is 6.92 Å². The zero-order valence-corrected chi connectivity index (χ0v) is 11.8. The number of hydrogen-bond donors (Lipinski definition) is 2. The first-order valence-corrected chi connectivity index (χ1v) is 6.35. The molecule has 0 aliphatic heterocycles. The van der Waals surface area contributed by atoms with Crippen molar-refractivity contribution in [2.75, 3.05) is 12.4 Å². The van der Waals surface area contributed by atoms with Gasteiger partial charge in [0.25, 0.3) is 0 Å². The minimum Gasteiger partial charge on any atom is -0.478 e. The molecule has 0 bridgehead atoms. The number of anilines is 1. The van der Waals surface area contributed by atoms with E-state index in [1.807, 2.05) is 0 Å². The lowest BCUT2D eigenvalue weighted by atomic mass is 10.1. The number of rotatable bonds is 4. The molecule has 0 unspecified atom stereocenters. The highest BCUT2D eigenvalue weighted by Gasteiger charge is 2.14. The second kappa shape index (κ2) is 6.13. The van der Waals surface area contributed by atoms with Gasteiger partial charge in [0.2, 0.25) is 0 Å². The minimum atomic E-state index is -1.02. The average molecular weight is 288 g/mol. The Bertz CT molecular complexity index is 650. The topological polar surface area (TPSA) is 82.8 Å². The van der Waals surface area contributed by atoms with Gasteiger partial charge < -0.3 is 19.7 Å². The molecule has 6 nitrogen and oxygen atoms in total. The maximum Gasteiger partial charge on any atom is 0.336 e. The van der Waals surface area contributed by atoms with Crippen molar-refractivity contribution in [2.45, 2.75) is 13.5 Å². The molecule has 2 rings (SSSR count). The number of benzene rings is 1. The Balaban J connectivity index is 2.09. The van der Waals surface area contributed by atoms with Gasteiger partial charge in [-0.05, 0) is 30.7 Å². The summed E-state index contributed by atoms with van der Waals surface area (Å²) >= 11 is 0. The summed E-state index contributed by atoms with van der Waals surface area (Å²) < 4.78 is 4.95. The summed E-state index contributed by atoms with van der Waals surface area (Å²) in [6.45, 7) is 2.06. The molecule has 1 aromatic carbocycles. The first-order valence-electron chi connectivity index (χ1n) is 6.35. The fourth-order valence-corrected chi connectivity index (χ4v) is 1.94. The maximum atomic E-state index is 12.1. The number of carboxylic acids is 1. The summed E-state index contributed by atoms with van der Waals surface area (Å²) in [6.07, 6.45) is 3.11. The third kappa shape index (κ3) is 3.42. The predicted molar refractivity (Wildman–Crippen MR) is 77.3 cm³/mol. The summed E-state index contributed by atoms with van der Waals surface area (Å²) in [7, 11) is 1.65. The van der Waals surface area contributed by atoms with Crippen molar-refractivity contribution in [3.05, 3.63) is 53.5 Å². The van der Waals surface area contributed by atoms with Crippen molar-refractivity contribution in [1.82, 2.24) is 4.90 Å². The molecular weight excluding hydrogens is 272 g/mol. The quantitative estimate of drug-likeness (QED) is 0.906. The zero-order chi connectivity index (χ0) is 15.4. The molecule has 0 aliphatic rings. The van der Waals surface area contributed by atoms with Crippen LogP contribution in [0.15, 0.2) is 41.2 Å². The van der Waals surface area contributed by atoms with Gasteiger partial charge in [0.05, 0.1) is 24.6 Å². The van der Waals surface area contributed by atoms with E-state index in [9.17, 15) is 9.59 Å². The molecule has 0 saturated heterocycles. The van der Waals surface area contributed by atoms with Gasteiger partial charge in [-0.3, -0.25) is 0 Å². The highest BCUT2D eigenvalue weighted by Crippen LogP contribution is 2.19. The predicted octanol–water partition coefficient (Wildman–Crippen LogP) is 2.95. The highest BCUT2D eigenvalue weighted by atomic mass is 16.4. The molecule has 2 amide bonds. The Morgan fingerprint density at radius 1 is 1.33 bits per heavy atom. The number of carboxylic acid groups (broad SMARTS) is 1. The van der Waals surface area contributed by atoms with Crippen LogP contribution in [0.5, 0.6) is 0 Å². The summed E-state index contributed by atoms with van der Waals surface area (Å²) in [5, 5.41) is 11.8. The summed E-state index contributed by atoms with van der Waals surface area (Å²) in [5.74, 6) is -1.02. The third-order valence-electron chi connectivity index (χ3n) is 3.15. The molecule has 1 aromatic heterocycles. The minimum absolute atomic E-state index is 0.172. The monoisotopic (exact) mass is 288 g/mol. The Kier molecular flexibility index (Phi) is 4.27. The normalized spacial score (nSPS) is 10.2. The molecule has 1 heterocycles. The zero-order valence-electron chi connectivity index (χ0n) is 11.8. The largest absolute Gasteiger partial charge is 0.478 e. The van der Waals surface area contributed by atoms with Gasteiger partial charge in [0, 0.05) is 18.3 Å². The van der Waals surface area contributed by atoms with Crippen molar-refractivity contribution in [1.29, 1.82) is 0 Å². The van der Waals surface area contributed by atoms with E-state index in [0.717, 1.165) is 5.56 Å². The van der Waals surface area contributed by atoms with E-state index in [4.69, 9.17) is 9.52 Å². The molecule has 0 aliphatic carbocycles. The van der Waals surface area contributed by atoms with E-state index in [1.165, 1.54) is 11.0 Å². The van der Waals surface area contributed by atoms with Gasteiger partial charge in [-0.25, -0.2) is 9.59 Å². The molecule has 0 saturated carbocycles. The number of nitrogens with one attached hydrogen (secondary N) is 1. The fourth-order valence-electron chi connectivity index (χ4n) is 1.94. The lowest BCUT2D eigenvalue weighted by Gasteiger charge is -2.18. The highest BCUT2D eigenvalue weighted by molar-refractivity contribution is 5.95. The lowest BCUT2D eigenvalue weighted by molar-refractivity contribution is 0.0696. The molecule has 6 heteroatoms. The van der Waals surface area contributed by atoms with Crippen molar-refractivity contribution in [3.8, 4) is 0 Å². The standard InChI is InChI=1S/C15H16N2O4/c1-10-12(14(18)19)4-3-5-13(10)16-15(20)17(2)8-11-6-7-21-9-11/h3-7,9H,8H2,1-2H3,(H,16,20)(H,18,19). The van der Waals surface area contributed by atoms with Crippen molar-refractivity contribution < 1.29 is 19.1 Å². The van der Waals surface area contributed by atoms with Crippen LogP contribution in [0.1, 0.15) is 21.5 Å². The number of hydrogen-bond acceptors (Lipinski definition) is 3. The maximum absolute atomic E-state index is 12.1. The van der Waals surface area contributed by atoms with Crippen LogP contribution in [0.4, 0.5) is 10.5 Å². The molecule has 0 atom stereocenters. The molecular formula is C15H16N2O4. The lowest BCUT2D eigenvalue weighted by Crippen LogP contribution is -2.31. The molecule has 110 valence electrons. The van der Waals surface area contributed by atoms with Crippen LogP contribution in [0.3, 0.4) is 0 Å². The van der Waals surface area contributed by atoms with E-state index in [1.54, 1.807) is 44.7 Å². The van der Waals surface area contributed by atoms with Gasteiger partial charge in [0.15, 0.2) is 0 Å². The van der Waals surface area contributed by atoms with Crippen molar-refractivity contribution >= 4 is 17.7 Å². The Morgan fingerprint density at radius 2 is 2.10 bits per heavy atom. The van der Waals surface area contributed by atoms with E-state index in [-0.39, 0.29) is 11.6 Å². The second-order valence-electron chi connectivity index (χ2n) is 4.70. The molecule has 21 heavy (non-hydrogen) atoms. The van der Waals surface area contributed by atoms with Gasteiger partial charge >= 0.3 is 12.0 Å². The van der Waals surface area contributed by atoms with Crippen LogP contribution in [-0.2, 0) is 6.54 Å². The fraction of sp³-hybridized carbons (Fsp3) is 0.200. The van der Waals surface area contributed by atoms with Gasteiger partial charge in [-0.2, -0.15) is 0 Å². The Morgan fingerprint density at radius 3 is 2.71 bits per heavy atom. The second-order valence-corrected chi connectivity index (χ2v) is 4.70. The van der Waals surface area contributed by atoms with Crippen LogP contribution < -0.4 is 5.32 Å². The first kappa shape index (κ1) is 14.6. The van der Waals surface area contributed by atoms with E-state index in [0.29, 0.717) is 17.8 Å². The molecule has 0 radical (unpaired) electrons. The van der Waals surface area contributed by atoms with E-state index in [2.05, 4.69) is 5.32 Å². The van der Waals surface area contributed by atoms with Crippen LogP contribution in [-0.4, -0.2) is 29.1 Å². The molecule has 2 aromatic rings. The summed E-state index contributed by atoms with van der Waals surface area (Å²) in [4.78, 5) is 24.7. The van der Waals surface area contributed by atoms with Crippen molar-refractivity contribution in [2.24, 2.45) is 0 Å². The van der Waals surface area contributed by atoms with Gasteiger partial charge in [-0.15, -0.1) is 0 Å². The van der Waals surface area contributed by atoms with Crippen LogP contribution in [0.2, 0.25) is 0 Å². The van der Waals surface area contributed by atoms with Crippen molar-refractivity contribution in [3.63, 3.8) is 0 Å². The average Bonchev–Trinajstić information content (AvgIpc) is 2.93. The molecule has 0 fully saturated rings. The summed E-state index contributed by atoms with van der Waals surface area (Å²) in [6, 6.07) is 6.23.